The van der Waals surface area contributed by atoms with Crippen LogP contribution in [0.15, 0.2) is 34.8 Å². The molecule has 1 rings (SSSR count). The number of hydrogen-bond acceptors (Lipinski definition) is 1. The summed E-state index contributed by atoms with van der Waals surface area (Å²) in [4.78, 5) is 0. The van der Waals surface area contributed by atoms with E-state index in [1.165, 1.54) is 6.07 Å². The number of nitrogens with one attached hydrogen (secondary N) is 1. The standard InChI is InChI=1S/C12H15BrFN/c1-2-3-4-8-15-9-10-6-5-7-11(14)12(10)13/h2-3,5-7,15H,4,8-9H2,1H3/b3-2+. The second-order valence-corrected chi connectivity index (χ2v) is 4.04. The molecule has 1 nitrogen and oxygen atoms in total. The number of rotatable bonds is 5. The summed E-state index contributed by atoms with van der Waals surface area (Å²) < 4.78 is 13.7. The van der Waals surface area contributed by atoms with Gasteiger partial charge in [0.25, 0.3) is 0 Å². The first-order valence-electron chi connectivity index (χ1n) is 5.00. The summed E-state index contributed by atoms with van der Waals surface area (Å²) in [6.45, 7) is 3.60. The molecule has 0 saturated heterocycles. The maximum Gasteiger partial charge on any atom is 0.137 e. The first kappa shape index (κ1) is 12.4. The number of benzene rings is 1. The monoisotopic (exact) mass is 271 g/mol. The summed E-state index contributed by atoms with van der Waals surface area (Å²) in [5.74, 6) is -0.206. The van der Waals surface area contributed by atoms with Crippen molar-refractivity contribution in [1.82, 2.24) is 5.32 Å². The Hall–Kier alpha value is -0.670. The second kappa shape index (κ2) is 6.75. The smallest absolute Gasteiger partial charge is 0.137 e. The van der Waals surface area contributed by atoms with Crippen LogP contribution < -0.4 is 5.32 Å². The molecular weight excluding hydrogens is 257 g/mol. The average Bonchev–Trinajstić information content (AvgIpc) is 2.24. The summed E-state index contributed by atoms with van der Waals surface area (Å²) >= 11 is 3.23. The lowest BCUT2D eigenvalue weighted by Gasteiger charge is -2.06. The van der Waals surface area contributed by atoms with Crippen LogP contribution in [-0.4, -0.2) is 6.54 Å². The van der Waals surface area contributed by atoms with Crippen LogP contribution in [0.1, 0.15) is 18.9 Å². The van der Waals surface area contributed by atoms with E-state index >= 15 is 0 Å². The molecule has 1 aromatic carbocycles. The maximum absolute atomic E-state index is 13.1. The minimum Gasteiger partial charge on any atom is -0.312 e. The van der Waals surface area contributed by atoms with Crippen molar-refractivity contribution in [3.05, 3.63) is 46.2 Å². The number of halogens is 2. The van der Waals surface area contributed by atoms with E-state index in [2.05, 4.69) is 27.3 Å². The largest absolute Gasteiger partial charge is 0.312 e. The molecular formula is C12H15BrFN. The van der Waals surface area contributed by atoms with E-state index in [0.29, 0.717) is 11.0 Å². The highest BCUT2D eigenvalue weighted by Crippen LogP contribution is 2.19. The van der Waals surface area contributed by atoms with Crippen LogP contribution in [-0.2, 0) is 6.54 Å². The van der Waals surface area contributed by atoms with E-state index in [0.717, 1.165) is 18.5 Å². The molecule has 1 N–H and O–H groups in total. The number of allylic oxidation sites excluding steroid dienone is 1. The van der Waals surface area contributed by atoms with Crippen molar-refractivity contribution in [3.63, 3.8) is 0 Å². The Morgan fingerprint density at radius 1 is 1.47 bits per heavy atom. The fourth-order valence-electron chi connectivity index (χ4n) is 1.26. The van der Waals surface area contributed by atoms with E-state index in [4.69, 9.17) is 0 Å². The van der Waals surface area contributed by atoms with Gasteiger partial charge < -0.3 is 5.32 Å². The van der Waals surface area contributed by atoms with E-state index < -0.39 is 0 Å². The van der Waals surface area contributed by atoms with Gasteiger partial charge in [-0.2, -0.15) is 0 Å². The number of hydrogen-bond donors (Lipinski definition) is 1. The molecule has 82 valence electrons. The lowest BCUT2D eigenvalue weighted by atomic mass is 10.2. The Morgan fingerprint density at radius 3 is 3.00 bits per heavy atom. The van der Waals surface area contributed by atoms with Gasteiger partial charge in [0.2, 0.25) is 0 Å². The zero-order valence-electron chi connectivity index (χ0n) is 8.76. The molecule has 0 radical (unpaired) electrons. The fraction of sp³-hybridized carbons (Fsp3) is 0.333. The molecule has 0 aliphatic heterocycles. The molecule has 0 fully saturated rings. The zero-order valence-corrected chi connectivity index (χ0v) is 10.3. The quantitative estimate of drug-likeness (QED) is 0.637. The summed E-state index contributed by atoms with van der Waals surface area (Å²) in [5, 5.41) is 3.26. The SMILES string of the molecule is C/C=C/CCNCc1cccc(F)c1Br. The molecule has 0 aromatic heterocycles. The van der Waals surface area contributed by atoms with Gasteiger partial charge >= 0.3 is 0 Å². The highest BCUT2D eigenvalue weighted by Gasteiger charge is 2.03. The van der Waals surface area contributed by atoms with Crippen LogP contribution >= 0.6 is 15.9 Å². The predicted octanol–water partition coefficient (Wildman–Crippen LogP) is 3.64. The highest BCUT2D eigenvalue weighted by molar-refractivity contribution is 9.10. The van der Waals surface area contributed by atoms with Crippen molar-refractivity contribution in [1.29, 1.82) is 0 Å². The average molecular weight is 272 g/mol. The van der Waals surface area contributed by atoms with Gasteiger partial charge in [0.15, 0.2) is 0 Å². The third kappa shape index (κ3) is 4.14. The zero-order chi connectivity index (χ0) is 11.1. The Morgan fingerprint density at radius 2 is 2.27 bits per heavy atom. The van der Waals surface area contributed by atoms with Crippen molar-refractivity contribution in [2.24, 2.45) is 0 Å². The van der Waals surface area contributed by atoms with Gasteiger partial charge in [0.1, 0.15) is 5.82 Å². The van der Waals surface area contributed by atoms with Crippen LogP contribution in [0.25, 0.3) is 0 Å². The Labute approximate surface area is 98.5 Å². The summed E-state index contributed by atoms with van der Waals surface area (Å²) in [7, 11) is 0. The second-order valence-electron chi connectivity index (χ2n) is 3.25. The molecule has 3 heteroatoms. The minimum atomic E-state index is -0.206. The summed E-state index contributed by atoms with van der Waals surface area (Å²) in [6, 6.07) is 5.09. The Bertz CT molecular complexity index is 336. The molecule has 0 atom stereocenters. The van der Waals surface area contributed by atoms with Gasteiger partial charge in [-0.05, 0) is 47.4 Å². The van der Waals surface area contributed by atoms with E-state index in [-0.39, 0.29) is 5.82 Å². The lowest BCUT2D eigenvalue weighted by molar-refractivity contribution is 0.612. The van der Waals surface area contributed by atoms with Crippen molar-refractivity contribution in [2.75, 3.05) is 6.54 Å². The van der Waals surface area contributed by atoms with Crippen LogP contribution in [0.4, 0.5) is 4.39 Å². The van der Waals surface area contributed by atoms with Crippen LogP contribution in [0.5, 0.6) is 0 Å². The van der Waals surface area contributed by atoms with Crippen molar-refractivity contribution in [3.8, 4) is 0 Å². The molecule has 0 aliphatic carbocycles. The van der Waals surface area contributed by atoms with E-state index in [9.17, 15) is 4.39 Å². The van der Waals surface area contributed by atoms with Crippen molar-refractivity contribution < 1.29 is 4.39 Å². The van der Waals surface area contributed by atoms with E-state index in [1.54, 1.807) is 6.07 Å². The van der Waals surface area contributed by atoms with E-state index in [1.807, 2.05) is 19.1 Å². The molecule has 0 aliphatic rings. The molecule has 15 heavy (non-hydrogen) atoms. The molecule has 0 amide bonds. The molecule has 0 saturated carbocycles. The topological polar surface area (TPSA) is 12.0 Å². The minimum absolute atomic E-state index is 0.206. The van der Waals surface area contributed by atoms with Gasteiger partial charge in [-0.3, -0.25) is 0 Å². The van der Waals surface area contributed by atoms with Crippen LogP contribution in [0.2, 0.25) is 0 Å². The highest BCUT2D eigenvalue weighted by atomic mass is 79.9. The normalized spacial score (nSPS) is 11.1. The van der Waals surface area contributed by atoms with Crippen molar-refractivity contribution in [2.45, 2.75) is 19.9 Å². The molecule has 0 spiro atoms. The molecule has 0 bridgehead atoms. The van der Waals surface area contributed by atoms with Gasteiger partial charge in [-0.1, -0.05) is 24.3 Å². The third-order valence-corrected chi connectivity index (χ3v) is 2.96. The maximum atomic E-state index is 13.1. The predicted molar refractivity (Wildman–Crippen MR) is 65.2 cm³/mol. The Balaban J connectivity index is 2.40. The lowest BCUT2D eigenvalue weighted by Crippen LogP contribution is -2.14. The van der Waals surface area contributed by atoms with Gasteiger partial charge in [0, 0.05) is 6.54 Å². The molecule has 0 heterocycles. The van der Waals surface area contributed by atoms with Crippen LogP contribution in [0, 0.1) is 5.82 Å². The molecule has 1 aromatic rings. The van der Waals surface area contributed by atoms with Gasteiger partial charge in [-0.25, -0.2) is 4.39 Å². The first-order valence-corrected chi connectivity index (χ1v) is 5.79. The summed E-state index contributed by atoms with van der Waals surface area (Å²) in [5.41, 5.74) is 0.954. The molecule has 0 unspecified atom stereocenters. The van der Waals surface area contributed by atoms with Crippen LogP contribution in [0.3, 0.4) is 0 Å². The summed E-state index contributed by atoms with van der Waals surface area (Å²) in [6.07, 6.45) is 5.14. The van der Waals surface area contributed by atoms with Gasteiger partial charge in [0.05, 0.1) is 4.47 Å². The van der Waals surface area contributed by atoms with Crippen molar-refractivity contribution >= 4 is 15.9 Å². The fourth-order valence-corrected chi connectivity index (χ4v) is 1.66. The first-order chi connectivity index (χ1) is 7.25. The Kier molecular flexibility index (Phi) is 5.58. The third-order valence-electron chi connectivity index (χ3n) is 2.07. The van der Waals surface area contributed by atoms with Gasteiger partial charge in [-0.15, -0.1) is 0 Å².